The largest absolute Gasteiger partial charge is 0.362 e. The molecule has 0 spiro atoms. The van der Waals surface area contributed by atoms with Gasteiger partial charge in [0, 0.05) is 38.3 Å². The van der Waals surface area contributed by atoms with E-state index in [9.17, 15) is 9.59 Å². The molecule has 2 aliphatic heterocycles. The van der Waals surface area contributed by atoms with Crippen LogP contribution in [0.2, 0.25) is 0 Å². The summed E-state index contributed by atoms with van der Waals surface area (Å²) in [6.07, 6.45) is 0.906. The van der Waals surface area contributed by atoms with Crippen LogP contribution in [0.25, 0.3) is 0 Å². The van der Waals surface area contributed by atoms with Crippen molar-refractivity contribution in [2.45, 2.75) is 39.2 Å². The predicted molar refractivity (Wildman–Crippen MR) is 107 cm³/mol. The number of carbonyl (C=O) groups excluding carboxylic acids is 2. The van der Waals surface area contributed by atoms with Crippen LogP contribution < -0.4 is 10.2 Å². The fourth-order valence-corrected chi connectivity index (χ4v) is 4.07. The van der Waals surface area contributed by atoms with Crippen LogP contribution in [0.4, 0.5) is 11.5 Å². The topological polar surface area (TPSA) is 78.4 Å². The molecule has 28 heavy (non-hydrogen) atoms. The summed E-state index contributed by atoms with van der Waals surface area (Å²) < 4.78 is 0. The Morgan fingerprint density at radius 1 is 1.29 bits per heavy atom. The molecule has 0 bridgehead atoms. The Hall–Kier alpha value is -2.96. The lowest BCUT2D eigenvalue weighted by Gasteiger charge is -2.31. The van der Waals surface area contributed by atoms with Crippen molar-refractivity contribution >= 4 is 23.3 Å². The second-order valence-electron chi connectivity index (χ2n) is 7.82. The molecule has 1 N–H and O–H groups in total. The van der Waals surface area contributed by atoms with Crippen LogP contribution in [0.5, 0.6) is 0 Å². The van der Waals surface area contributed by atoms with Gasteiger partial charge in [-0.3, -0.25) is 9.59 Å². The molecule has 1 atom stereocenters. The molecule has 0 fully saturated rings. The van der Waals surface area contributed by atoms with Crippen LogP contribution in [-0.2, 0) is 22.6 Å². The van der Waals surface area contributed by atoms with Crippen LogP contribution in [0.3, 0.4) is 0 Å². The van der Waals surface area contributed by atoms with Gasteiger partial charge in [-0.05, 0) is 31.9 Å². The first kappa shape index (κ1) is 18.4. The Morgan fingerprint density at radius 3 is 2.82 bits per heavy atom. The second kappa shape index (κ2) is 6.89. The van der Waals surface area contributed by atoms with Crippen LogP contribution in [0, 0.1) is 13.8 Å². The number of anilines is 2. The SMILES string of the molecule is Cc1ccc2c(c1)C(CC(=O)N1CCc3c(nc(C)nc3N(C)C)C1)C(=O)N2. The summed E-state index contributed by atoms with van der Waals surface area (Å²) in [4.78, 5) is 38.3. The first-order valence-electron chi connectivity index (χ1n) is 9.56. The summed E-state index contributed by atoms with van der Waals surface area (Å²) in [7, 11) is 3.94. The minimum absolute atomic E-state index is 0.0113. The highest BCUT2D eigenvalue weighted by Crippen LogP contribution is 2.36. The summed E-state index contributed by atoms with van der Waals surface area (Å²) in [5.41, 5.74) is 4.84. The van der Waals surface area contributed by atoms with Gasteiger partial charge < -0.3 is 15.1 Å². The van der Waals surface area contributed by atoms with Crippen molar-refractivity contribution in [1.29, 1.82) is 0 Å². The number of hydrogen-bond donors (Lipinski definition) is 1. The number of aromatic nitrogens is 2. The fourth-order valence-electron chi connectivity index (χ4n) is 4.07. The van der Waals surface area contributed by atoms with Gasteiger partial charge in [0.2, 0.25) is 11.8 Å². The van der Waals surface area contributed by atoms with E-state index in [1.54, 1.807) is 0 Å². The van der Waals surface area contributed by atoms with E-state index in [0.717, 1.165) is 40.3 Å². The minimum Gasteiger partial charge on any atom is -0.362 e. The molecule has 1 aromatic heterocycles. The Kier molecular flexibility index (Phi) is 4.53. The maximum atomic E-state index is 13.0. The van der Waals surface area contributed by atoms with Crippen LogP contribution in [0.15, 0.2) is 18.2 Å². The smallest absolute Gasteiger partial charge is 0.232 e. The van der Waals surface area contributed by atoms with E-state index in [4.69, 9.17) is 0 Å². The highest BCUT2D eigenvalue weighted by Gasteiger charge is 2.34. The Balaban J connectivity index is 1.54. The lowest BCUT2D eigenvalue weighted by Crippen LogP contribution is -2.38. The molecule has 0 radical (unpaired) electrons. The van der Waals surface area contributed by atoms with Gasteiger partial charge in [0.1, 0.15) is 11.6 Å². The molecule has 7 nitrogen and oxygen atoms in total. The van der Waals surface area contributed by atoms with Crippen molar-refractivity contribution in [2.24, 2.45) is 0 Å². The van der Waals surface area contributed by atoms with Gasteiger partial charge in [-0.15, -0.1) is 0 Å². The van der Waals surface area contributed by atoms with Gasteiger partial charge >= 0.3 is 0 Å². The zero-order valence-electron chi connectivity index (χ0n) is 16.7. The molecule has 4 rings (SSSR count). The normalized spacial score (nSPS) is 17.8. The summed E-state index contributed by atoms with van der Waals surface area (Å²) >= 11 is 0. The van der Waals surface area contributed by atoms with Crippen molar-refractivity contribution in [3.05, 3.63) is 46.4 Å². The van der Waals surface area contributed by atoms with E-state index in [-0.39, 0.29) is 18.2 Å². The predicted octanol–water partition coefficient (Wildman–Crippen LogP) is 2.17. The third-order valence-corrected chi connectivity index (χ3v) is 5.47. The monoisotopic (exact) mass is 379 g/mol. The molecule has 2 amide bonds. The van der Waals surface area contributed by atoms with E-state index >= 15 is 0 Å². The summed E-state index contributed by atoms with van der Waals surface area (Å²) in [5.74, 6) is 1.10. The number of rotatable bonds is 3. The molecule has 1 unspecified atom stereocenters. The minimum atomic E-state index is -0.423. The van der Waals surface area contributed by atoms with Crippen LogP contribution >= 0.6 is 0 Å². The fraction of sp³-hybridized carbons (Fsp3) is 0.429. The molecule has 1 aromatic carbocycles. The molecule has 2 aliphatic rings. The molecule has 0 saturated heterocycles. The highest BCUT2D eigenvalue weighted by molar-refractivity contribution is 6.05. The van der Waals surface area contributed by atoms with Gasteiger partial charge in [-0.1, -0.05) is 17.7 Å². The van der Waals surface area contributed by atoms with Gasteiger partial charge in [0.15, 0.2) is 0 Å². The Bertz CT molecular complexity index is 970. The third kappa shape index (κ3) is 3.21. The number of fused-ring (bicyclic) bond motifs is 2. The summed E-state index contributed by atoms with van der Waals surface area (Å²) in [6, 6.07) is 5.87. The zero-order valence-corrected chi connectivity index (χ0v) is 16.7. The molecule has 0 aliphatic carbocycles. The third-order valence-electron chi connectivity index (χ3n) is 5.47. The molecule has 2 aromatic rings. The zero-order chi connectivity index (χ0) is 20.0. The number of amides is 2. The van der Waals surface area contributed by atoms with Gasteiger partial charge in [0.25, 0.3) is 0 Å². The van der Waals surface area contributed by atoms with Gasteiger partial charge in [0.05, 0.1) is 18.2 Å². The van der Waals surface area contributed by atoms with E-state index in [1.807, 2.05) is 55.9 Å². The number of aryl methyl sites for hydroxylation is 2. The summed E-state index contributed by atoms with van der Waals surface area (Å²) in [6.45, 7) is 4.95. The number of carbonyl (C=O) groups is 2. The Morgan fingerprint density at radius 2 is 2.07 bits per heavy atom. The lowest BCUT2D eigenvalue weighted by molar-refractivity contribution is -0.134. The lowest BCUT2D eigenvalue weighted by atomic mass is 9.94. The second-order valence-corrected chi connectivity index (χ2v) is 7.82. The van der Waals surface area contributed by atoms with Crippen molar-refractivity contribution in [1.82, 2.24) is 14.9 Å². The maximum absolute atomic E-state index is 13.0. The standard InChI is InChI=1S/C21H25N5O2/c1-12-5-6-17-15(9-12)16(21(28)24-17)10-19(27)26-8-7-14-18(11-26)22-13(2)23-20(14)25(3)4/h5-6,9,16H,7-8,10-11H2,1-4H3,(H,24,28). The number of nitrogens with one attached hydrogen (secondary N) is 1. The van der Waals surface area contributed by atoms with E-state index in [2.05, 4.69) is 15.3 Å². The van der Waals surface area contributed by atoms with Crippen molar-refractivity contribution in [3.8, 4) is 0 Å². The van der Waals surface area contributed by atoms with E-state index in [0.29, 0.717) is 18.9 Å². The maximum Gasteiger partial charge on any atom is 0.232 e. The number of hydrogen-bond acceptors (Lipinski definition) is 5. The summed E-state index contributed by atoms with van der Waals surface area (Å²) in [5, 5.41) is 2.89. The molecule has 3 heterocycles. The van der Waals surface area contributed by atoms with Crippen LogP contribution in [-0.4, -0.2) is 47.3 Å². The average Bonchev–Trinajstić information content (AvgIpc) is 2.95. The number of benzene rings is 1. The molecule has 0 saturated carbocycles. The molecular formula is C21H25N5O2. The Labute approximate surface area is 164 Å². The van der Waals surface area contributed by atoms with Crippen LogP contribution in [0.1, 0.15) is 40.5 Å². The van der Waals surface area contributed by atoms with Gasteiger partial charge in [-0.2, -0.15) is 0 Å². The quantitative estimate of drug-likeness (QED) is 0.884. The van der Waals surface area contributed by atoms with Crippen molar-refractivity contribution < 1.29 is 9.59 Å². The number of nitrogens with zero attached hydrogens (tertiary/aromatic N) is 4. The van der Waals surface area contributed by atoms with Crippen molar-refractivity contribution in [3.63, 3.8) is 0 Å². The molecular weight excluding hydrogens is 354 g/mol. The average molecular weight is 379 g/mol. The van der Waals surface area contributed by atoms with E-state index < -0.39 is 5.92 Å². The first-order valence-corrected chi connectivity index (χ1v) is 9.56. The van der Waals surface area contributed by atoms with Crippen molar-refractivity contribution in [2.75, 3.05) is 30.9 Å². The molecule has 7 heteroatoms. The first-order chi connectivity index (χ1) is 13.3. The highest BCUT2D eigenvalue weighted by atomic mass is 16.2. The van der Waals surface area contributed by atoms with Gasteiger partial charge in [-0.25, -0.2) is 9.97 Å². The van der Waals surface area contributed by atoms with E-state index in [1.165, 1.54) is 0 Å². The molecule has 146 valence electrons.